The molecule has 1 atom stereocenters. The highest BCUT2D eigenvalue weighted by Gasteiger charge is 2.20. The first-order chi connectivity index (χ1) is 12.5. The first-order valence-corrected chi connectivity index (χ1v) is 9.95. The topological polar surface area (TPSA) is 48.9 Å². The van der Waals surface area contributed by atoms with Crippen molar-refractivity contribution < 1.29 is 4.74 Å². The molecule has 2 N–H and O–H groups in total. The molecule has 0 bridgehead atoms. The summed E-state index contributed by atoms with van der Waals surface area (Å²) in [4.78, 5) is 6.90. The van der Waals surface area contributed by atoms with Crippen molar-refractivity contribution in [2.75, 3.05) is 33.2 Å². The van der Waals surface area contributed by atoms with Gasteiger partial charge in [0.2, 0.25) is 0 Å². The van der Waals surface area contributed by atoms with E-state index in [1.807, 2.05) is 38.2 Å². The molecule has 1 aliphatic heterocycles. The molecule has 6 heteroatoms. The first kappa shape index (κ1) is 20.8. The van der Waals surface area contributed by atoms with E-state index in [9.17, 15) is 0 Å². The van der Waals surface area contributed by atoms with Crippen LogP contribution in [0, 0.1) is 5.92 Å². The number of nitrogens with zero attached hydrogens (tertiary/aromatic N) is 2. The summed E-state index contributed by atoms with van der Waals surface area (Å²) in [5.41, 5.74) is 0. The van der Waals surface area contributed by atoms with Crippen molar-refractivity contribution in [2.24, 2.45) is 10.9 Å². The molecule has 0 saturated carbocycles. The van der Waals surface area contributed by atoms with Crippen LogP contribution >= 0.6 is 11.6 Å². The van der Waals surface area contributed by atoms with E-state index in [-0.39, 0.29) is 6.10 Å². The van der Waals surface area contributed by atoms with Gasteiger partial charge >= 0.3 is 0 Å². The lowest BCUT2D eigenvalue weighted by molar-refractivity contribution is 0.186. The number of piperidine rings is 1. The number of aliphatic imine (C=N–C) groups is 1. The molecule has 0 amide bonds. The fourth-order valence-corrected chi connectivity index (χ4v) is 3.40. The maximum atomic E-state index is 6.00. The van der Waals surface area contributed by atoms with Crippen LogP contribution in [-0.2, 0) is 0 Å². The van der Waals surface area contributed by atoms with Crippen LogP contribution in [0.2, 0.25) is 5.02 Å². The molecule has 1 aromatic carbocycles. The lowest BCUT2D eigenvalue weighted by Crippen LogP contribution is -2.50. The molecule has 5 nitrogen and oxygen atoms in total. The van der Waals surface area contributed by atoms with E-state index < -0.39 is 0 Å². The van der Waals surface area contributed by atoms with Crippen LogP contribution in [0.5, 0.6) is 5.75 Å². The molecule has 1 unspecified atom stereocenters. The van der Waals surface area contributed by atoms with Gasteiger partial charge in [-0.1, -0.05) is 31.5 Å². The van der Waals surface area contributed by atoms with Crippen LogP contribution < -0.4 is 15.4 Å². The number of benzene rings is 1. The fourth-order valence-electron chi connectivity index (χ4n) is 3.22. The van der Waals surface area contributed by atoms with E-state index in [1.165, 1.54) is 6.54 Å². The second kappa shape index (κ2) is 10.6. The highest BCUT2D eigenvalue weighted by atomic mass is 35.5. The normalized spacial score (nSPS) is 18.0. The minimum Gasteiger partial charge on any atom is -0.489 e. The van der Waals surface area contributed by atoms with Crippen molar-refractivity contribution >= 4 is 17.6 Å². The Morgan fingerprint density at radius 1 is 1.31 bits per heavy atom. The van der Waals surface area contributed by atoms with Crippen LogP contribution in [0.1, 0.15) is 33.6 Å². The second-order valence-corrected chi connectivity index (χ2v) is 7.89. The Morgan fingerprint density at radius 2 is 2.04 bits per heavy atom. The Kier molecular flexibility index (Phi) is 8.52. The smallest absolute Gasteiger partial charge is 0.191 e. The highest BCUT2D eigenvalue weighted by Crippen LogP contribution is 2.18. The average Bonchev–Trinajstić information content (AvgIpc) is 2.59. The average molecular weight is 381 g/mol. The third-order valence-electron chi connectivity index (χ3n) is 4.47. The van der Waals surface area contributed by atoms with E-state index in [4.69, 9.17) is 16.3 Å². The maximum absolute atomic E-state index is 6.00. The van der Waals surface area contributed by atoms with E-state index in [1.54, 1.807) is 0 Å². The van der Waals surface area contributed by atoms with Gasteiger partial charge in [0.25, 0.3) is 0 Å². The summed E-state index contributed by atoms with van der Waals surface area (Å²) < 4.78 is 5.89. The van der Waals surface area contributed by atoms with Crippen molar-refractivity contribution in [2.45, 2.75) is 45.8 Å². The molecule has 1 aliphatic rings. The van der Waals surface area contributed by atoms with Crippen molar-refractivity contribution in [1.29, 1.82) is 0 Å². The quantitative estimate of drug-likeness (QED) is 0.562. The molecule has 1 saturated heterocycles. The lowest BCUT2D eigenvalue weighted by Gasteiger charge is -2.34. The fraction of sp³-hybridized carbons (Fsp3) is 0.650. The molecular formula is C20H33ClN4O. The van der Waals surface area contributed by atoms with Gasteiger partial charge < -0.3 is 20.3 Å². The molecular weight excluding hydrogens is 348 g/mol. The summed E-state index contributed by atoms with van der Waals surface area (Å²) in [6, 6.07) is 7.96. The predicted octanol–water partition coefficient (Wildman–Crippen LogP) is 3.39. The largest absolute Gasteiger partial charge is 0.489 e. The van der Waals surface area contributed by atoms with Crippen LogP contribution in [0.15, 0.2) is 29.3 Å². The molecule has 1 fully saturated rings. The molecule has 1 heterocycles. The third kappa shape index (κ3) is 7.42. The molecule has 26 heavy (non-hydrogen) atoms. The number of rotatable bonds is 7. The summed E-state index contributed by atoms with van der Waals surface area (Å²) in [6.45, 7) is 10.8. The Bertz CT molecular complexity index is 571. The second-order valence-electron chi connectivity index (χ2n) is 7.45. The zero-order chi connectivity index (χ0) is 18.9. The number of nitrogens with one attached hydrogen (secondary N) is 2. The van der Waals surface area contributed by atoms with Gasteiger partial charge in [0.05, 0.1) is 6.54 Å². The summed E-state index contributed by atoms with van der Waals surface area (Å²) in [5.74, 6) is 2.36. The summed E-state index contributed by atoms with van der Waals surface area (Å²) >= 11 is 6.00. The van der Waals surface area contributed by atoms with Crippen molar-refractivity contribution in [3.63, 3.8) is 0 Å². The van der Waals surface area contributed by atoms with Crippen molar-refractivity contribution in [3.8, 4) is 5.75 Å². The standard InChI is InChI=1S/C20H33ClN4O/c1-15(2)14-25-10-8-18(9-11-25)24-20(22-4)23-13-16(3)26-19-7-5-6-17(21)12-19/h5-7,12,15-16,18H,8-11,13-14H2,1-4H3,(H2,22,23,24). The Morgan fingerprint density at radius 3 is 2.65 bits per heavy atom. The zero-order valence-corrected chi connectivity index (χ0v) is 17.2. The van der Waals surface area contributed by atoms with E-state index >= 15 is 0 Å². The minimum absolute atomic E-state index is 0.0138. The molecule has 2 rings (SSSR count). The summed E-state index contributed by atoms with van der Waals surface area (Å²) in [5, 5.41) is 7.59. The highest BCUT2D eigenvalue weighted by molar-refractivity contribution is 6.30. The molecule has 146 valence electrons. The Hall–Kier alpha value is -1.46. The van der Waals surface area contributed by atoms with E-state index in [0.29, 0.717) is 17.6 Å². The van der Waals surface area contributed by atoms with E-state index in [0.717, 1.165) is 43.6 Å². The Balaban J connectivity index is 1.71. The lowest BCUT2D eigenvalue weighted by atomic mass is 10.0. The minimum atomic E-state index is 0.0138. The zero-order valence-electron chi connectivity index (χ0n) is 16.5. The van der Waals surface area contributed by atoms with Gasteiger partial charge in [-0.15, -0.1) is 0 Å². The van der Waals surface area contributed by atoms with Crippen LogP contribution in [0.25, 0.3) is 0 Å². The van der Waals surface area contributed by atoms with Gasteiger partial charge in [-0.25, -0.2) is 0 Å². The van der Waals surface area contributed by atoms with Crippen molar-refractivity contribution in [1.82, 2.24) is 15.5 Å². The van der Waals surface area contributed by atoms with Gasteiger partial charge in [-0.2, -0.15) is 0 Å². The van der Waals surface area contributed by atoms with Gasteiger partial charge in [0.1, 0.15) is 11.9 Å². The van der Waals surface area contributed by atoms with Gasteiger partial charge in [-0.05, 0) is 43.9 Å². The molecule has 1 aromatic rings. The summed E-state index contributed by atoms with van der Waals surface area (Å²) in [7, 11) is 1.81. The number of halogens is 1. The van der Waals surface area contributed by atoms with Gasteiger partial charge in [0, 0.05) is 37.7 Å². The van der Waals surface area contributed by atoms with Gasteiger partial charge in [-0.3, -0.25) is 4.99 Å². The number of guanidine groups is 1. The monoisotopic (exact) mass is 380 g/mol. The maximum Gasteiger partial charge on any atom is 0.191 e. The molecule has 0 spiro atoms. The van der Waals surface area contributed by atoms with Crippen LogP contribution in [0.4, 0.5) is 0 Å². The predicted molar refractivity (Wildman–Crippen MR) is 110 cm³/mol. The number of hydrogen-bond acceptors (Lipinski definition) is 3. The summed E-state index contributed by atoms with van der Waals surface area (Å²) in [6.07, 6.45) is 2.32. The number of likely N-dealkylation sites (tertiary alicyclic amines) is 1. The van der Waals surface area contributed by atoms with Crippen molar-refractivity contribution in [3.05, 3.63) is 29.3 Å². The number of ether oxygens (including phenoxy) is 1. The van der Waals surface area contributed by atoms with Gasteiger partial charge in [0.15, 0.2) is 5.96 Å². The number of hydrogen-bond donors (Lipinski definition) is 2. The van der Waals surface area contributed by atoms with Crippen LogP contribution in [-0.4, -0.2) is 56.2 Å². The third-order valence-corrected chi connectivity index (χ3v) is 4.70. The first-order valence-electron chi connectivity index (χ1n) is 9.58. The molecule has 0 aliphatic carbocycles. The Labute approximate surface area is 163 Å². The molecule has 0 radical (unpaired) electrons. The van der Waals surface area contributed by atoms with Crippen LogP contribution in [0.3, 0.4) is 0 Å². The molecule has 0 aromatic heterocycles. The SMILES string of the molecule is CN=C(NCC(C)Oc1cccc(Cl)c1)NC1CCN(CC(C)C)CC1. The van der Waals surface area contributed by atoms with E-state index in [2.05, 4.69) is 34.4 Å².